The number of hydrogen-bond donors (Lipinski definition) is 1. The second-order valence-corrected chi connectivity index (χ2v) is 5.98. The van der Waals surface area contributed by atoms with Gasteiger partial charge in [0.15, 0.2) is 0 Å². The number of aromatic nitrogens is 2. The number of hydrogen-bond acceptors (Lipinski definition) is 4. The Hall–Kier alpha value is -2.01. The highest BCUT2D eigenvalue weighted by Gasteiger charge is 2.16. The van der Waals surface area contributed by atoms with Crippen LogP contribution in [0.15, 0.2) is 30.5 Å². The van der Waals surface area contributed by atoms with E-state index < -0.39 is 0 Å². The number of halogens is 1. The van der Waals surface area contributed by atoms with Crippen LogP contribution in [0.1, 0.15) is 36.9 Å². The van der Waals surface area contributed by atoms with Crippen LogP contribution in [0.25, 0.3) is 0 Å². The van der Waals surface area contributed by atoms with Crippen LogP contribution in [0.5, 0.6) is 0 Å². The van der Waals surface area contributed by atoms with E-state index in [1.165, 1.54) is 38.1 Å². The van der Waals surface area contributed by atoms with Gasteiger partial charge in [0, 0.05) is 19.0 Å². The fourth-order valence-electron chi connectivity index (χ4n) is 3.00. The molecule has 2 heterocycles. The molecule has 0 bridgehead atoms. The number of nitrogens with zero attached hydrogens (tertiary/aromatic N) is 3. The second-order valence-electron chi connectivity index (χ2n) is 5.98. The third-order valence-corrected chi connectivity index (χ3v) is 4.38. The van der Waals surface area contributed by atoms with Gasteiger partial charge in [0.2, 0.25) is 0 Å². The van der Waals surface area contributed by atoms with Crippen LogP contribution >= 0.6 is 0 Å². The minimum absolute atomic E-state index is 0.0369. The lowest BCUT2D eigenvalue weighted by Gasteiger charge is -2.18. The molecule has 1 aromatic carbocycles. The van der Waals surface area contributed by atoms with E-state index in [0.717, 1.165) is 30.2 Å². The Bertz CT molecular complexity index is 623. The van der Waals surface area contributed by atoms with Gasteiger partial charge in [-0.05, 0) is 43.6 Å². The molecule has 1 radical (unpaired) electrons. The van der Waals surface area contributed by atoms with Gasteiger partial charge in [0.05, 0.1) is 11.9 Å². The first kappa shape index (κ1) is 15.9. The molecule has 1 N–H and O–H groups in total. The second kappa shape index (κ2) is 7.51. The van der Waals surface area contributed by atoms with Crippen molar-refractivity contribution in [3.8, 4) is 0 Å². The molecule has 4 nitrogen and oxygen atoms in total. The molecule has 5 heteroatoms. The predicted octanol–water partition coefficient (Wildman–Crippen LogP) is 3.08. The van der Waals surface area contributed by atoms with Crippen molar-refractivity contribution in [2.75, 3.05) is 31.5 Å². The SMILES string of the molecule is C[C@H](c1ccc(F)cc1)c1n[c]cnc1NCCN1CCCC1. The van der Waals surface area contributed by atoms with E-state index in [0.29, 0.717) is 0 Å². The van der Waals surface area contributed by atoms with Crippen molar-refractivity contribution >= 4 is 5.82 Å². The maximum Gasteiger partial charge on any atom is 0.148 e. The van der Waals surface area contributed by atoms with Crippen LogP contribution in [0.2, 0.25) is 0 Å². The van der Waals surface area contributed by atoms with Crippen molar-refractivity contribution in [1.29, 1.82) is 0 Å². The molecule has 0 unspecified atom stereocenters. The molecule has 1 saturated heterocycles. The minimum Gasteiger partial charge on any atom is -0.367 e. The van der Waals surface area contributed by atoms with E-state index in [4.69, 9.17) is 0 Å². The van der Waals surface area contributed by atoms with Crippen molar-refractivity contribution in [2.24, 2.45) is 0 Å². The molecule has 0 amide bonds. The molecule has 3 rings (SSSR count). The van der Waals surface area contributed by atoms with Gasteiger partial charge in [0.25, 0.3) is 0 Å². The summed E-state index contributed by atoms with van der Waals surface area (Å²) in [6.45, 7) is 6.30. The quantitative estimate of drug-likeness (QED) is 0.890. The molecule has 0 saturated carbocycles. The summed E-state index contributed by atoms with van der Waals surface area (Å²) in [6, 6.07) is 6.55. The van der Waals surface area contributed by atoms with Crippen molar-refractivity contribution in [3.63, 3.8) is 0 Å². The molecule has 1 aromatic heterocycles. The maximum absolute atomic E-state index is 13.1. The Morgan fingerprint density at radius 2 is 2.00 bits per heavy atom. The number of likely N-dealkylation sites (tertiary alicyclic amines) is 1. The average Bonchev–Trinajstić information content (AvgIpc) is 3.09. The van der Waals surface area contributed by atoms with Crippen LogP contribution in [0.4, 0.5) is 10.2 Å². The molecule has 2 aromatic rings. The van der Waals surface area contributed by atoms with Gasteiger partial charge in [-0.25, -0.2) is 14.4 Å². The highest BCUT2D eigenvalue weighted by atomic mass is 19.1. The van der Waals surface area contributed by atoms with E-state index >= 15 is 0 Å². The normalized spacial score (nSPS) is 16.4. The molecule has 1 aliphatic rings. The molecule has 0 aliphatic carbocycles. The molecular weight excluding hydrogens is 291 g/mol. The Morgan fingerprint density at radius 1 is 1.26 bits per heavy atom. The van der Waals surface area contributed by atoms with Crippen LogP contribution in [-0.4, -0.2) is 41.0 Å². The average molecular weight is 313 g/mol. The van der Waals surface area contributed by atoms with Crippen LogP contribution in [-0.2, 0) is 0 Å². The van der Waals surface area contributed by atoms with Crippen LogP contribution in [0.3, 0.4) is 0 Å². The summed E-state index contributed by atoms with van der Waals surface area (Å²) in [5.41, 5.74) is 1.86. The van der Waals surface area contributed by atoms with Crippen molar-refractivity contribution in [2.45, 2.75) is 25.7 Å². The summed E-state index contributed by atoms with van der Waals surface area (Å²) in [6.07, 6.45) is 6.99. The summed E-state index contributed by atoms with van der Waals surface area (Å²) in [4.78, 5) is 11.2. The summed E-state index contributed by atoms with van der Waals surface area (Å²) in [5, 5.41) is 3.39. The molecule has 1 aliphatic heterocycles. The Kier molecular flexibility index (Phi) is 5.18. The minimum atomic E-state index is -0.226. The fourth-order valence-corrected chi connectivity index (χ4v) is 3.00. The lowest BCUT2D eigenvalue weighted by Crippen LogP contribution is -2.26. The fraction of sp³-hybridized carbons (Fsp3) is 0.444. The zero-order valence-electron chi connectivity index (χ0n) is 13.4. The summed E-state index contributed by atoms with van der Waals surface area (Å²) < 4.78 is 13.1. The van der Waals surface area contributed by atoms with Crippen LogP contribution in [0, 0.1) is 12.0 Å². The Labute approximate surface area is 136 Å². The first-order valence-electron chi connectivity index (χ1n) is 8.18. The van der Waals surface area contributed by atoms with Gasteiger partial charge >= 0.3 is 0 Å². The van der Waals surface area contributed by atoms with E-state index in [-0.39, 0.29) is 11.7 Å². The first-order valence-corrected chi connectivity index (χ1v) is 8.18. The zero-order valence-corrected chi connectivity index (χ0v) is 13.4. The highest BCUT2D eigenvalue weighted by Crippen LogP contribution is 2.26. The third-order valence-electron chi connectivity index (χ3n) is 4.38. The number of anilines is 1. The maximum atomic E-state index is 13.1. The van der Waals surface area contributed by atoms with E-state index in [2.05, 4.69) is 33.3 Å². The third kappa shape index (κ3) is 4.05. The topological polar surface area (TPSA) is 41.1 Å². The summed E-state index contributed by atoms with van der Waals surface area (Å²) >= 11 is 0. The molecule has 23 heavy (non-hydrogen) atoms. The molecular formula is C18H22FN4. The van der Waals surface area contributed by atoms with E-state index in [1.54, 1.807) is 18.3 Å². The number of rotatable bonds is 6. The molecule has 1 atom stereocenters. The van der Waals surface area contributed by atoms with Crippen molar-refractivity contribution < 1.29 is 4.39 Å². The lowest BCUT2D eigenvalue weighted by molar-refractivity contribution is 0.352. The van der Waals surface area contributed by atoms with Gasteiger partial charge in [-0.2, -0.15) is 0 Å². The largest absolute Gasteiger partial charge is 0.367 e. The van der Waals surface area contributed by atoms with Crippen LogP contribution < -0.4 is 5.32 Å². The Balaban J connectivity index is 1.67. The standard InChI is InChI=1S/C18H22FN4/c1-14(15-4-6-16(19)7-5-15)17-18(21-9-8-20-17)22-10-13-23-11-2-3-12-23/h4-7,9,14H,2-3,10-13H2,1H3,(H,21,22)/t14-/m1/s1. The lowest BCUT2D eigenvalue weighted by atomic mass is 9.97. The summed E-state index contributed by atoms with van der Waals surface area (Å²) in [7, 11) is 0. The monoisotopic (exact) mass is 313 g/mol. The molecule has 0 spiro atoms. The number of benzene rings is 1. The Morgan fingerprint density at radius 3 is 2.74 bits per heavy atom. The van der Waals surface area contributed by atoms with Crippen molar-refractivity contribution in [1.82, 2.24) is 14.9 Å². The predicted molar refractivity (Wildman–Crippen MR) is 88.9 cm³/mol. The summed E-state index contributed by atoms with van der Waals surface area (Å²) in [5.74, 6) is 0.602. The van der Waals surface area contributed by atoms with E-state index in [9.17, 15) is 4.39 Å². The van der Waals surface area contributed by atoms with Gasteiger partial charge in [0.1, 0.15) is 17.8 Å². The van der Waals surface area contributed by atoms with Gasteiger partial charge in [-0.1, -0.05) is 19.1 Å². The smallest absolute Gasteiger partial charge is 0.148 e. The molecule has 1 fully saturated rings. The zero-order chi connectivity index (χ0) is 16.1. The molecule has 121 valence electrons. The van der Waals surface area contributed by atoms with Gasteiger partial charge < -0.3 is 10.2 Å². The van der Waals surface area contributed by atoms with Crippen molar-refractivity contribution in [3.05, 3.63) is 53.7 Å². The van der Waals surface area contributed by atoms with Gasteiger partial charge in [-0.3, -0.25) is 0 Å². The van der Waals surface area contributed by atoms with E-state index in [1.807, 2.05) is 0 Å². The highest BCUT2D eigenvalue weighted by molar-refractivity contribution is 5.45. The van der Waals surface area contributed by atoms with Gasteiger partial charge in [-0.15, -0.1) is 0 Å². The number of nitrogens with one attached hydrogen (secondary N) is 1. The first-order chi connectivity index (χ1) is 11.2.